The summed E-state index contributed by atoms with van der Waals surface area (Å²) in [7, 11) is -4.14. The zero-order valence-electron chi connectivity index (χ0n) is 20.8. The molecule has 36 heavy (non-hydrogen) atoms. The minimum absolute atomic E-state index is 0.0533. The van der Waals surface area contributed by atoms with Crippen LogP contribution in [0.3, 0.4) is 0 Å². The number of amides is 3. The Morgan fingerprint density at radius 2 is 1.81 bits per heavy atom. The van der Waals surface area contributed by atoms with Crippen molar-refractivity contribution in [3.05, 3.63) is 65.2 Å². The second-order valence-corrected chi connectivity index (χ2v) is 11.4. The van der Waals surface area contributed by atoms with E-state index in [1.54, 1.807) is 12.1 Å². The van der Waals surface area contributed by atoms with Crippen LogP contribution >= 0.6 is 0 Å². The fourth-order valence-electron chi connectivity index (χ4n) is 5.07. The largest absolute Gasteiger partial charge is 0.352 e. The molecule has 1 aliphatic heterocycles. The van der Waals surface area contributed by atoms with Crippen molar-refractivity contribution >= 4 is 27.7 Å². The van der Waals surface area contributed by atoms with Crippen LogP contribution in [0.4, 0.5) is 0 Å². The van der Waals surface area contributed by atoms with E-state index in [1.807, 2.05) is 38.1 Å². The molecule has 1 saturated carbocycles. The first kappa shape index (κ1) is 25.9. The van der Waals surface area contributed by atoms with E-state index >= 15 is 0 Å². The summed E-state index contributed by atoms with van der Waals surface area (Å²) < 4.78 is 26.7. The second kappa shape index (κ2) is 10.8. The van der Waals surface area contributed by atoms with E-state index in [0.717, 1.165) is 43.2 Å². The van der Waals surface area contributed by atoms with Crippen molar-refractivity contribution in [1.82, 2.24) is 14.5 Å². The Morgan fingerprint density at radius 3 is 2.47 bits per heavy atom. The third kappa shape index (κ3) is 5.31. The quantitative estimate of drug-likeness (QED) is 0.585. The van der Waals surface area contributed by atoms with Gasteiger partial charge in [0, 0.05) is 12.6 Å². The maximum atomic E-state index is 13.7. The molecular formula is C27H33N3O5S. The van der Waals surface area contributed by atoms with E-state index in [0.29, 0.717) is 10.7 Å². The first-order valence-electron chi connectivity index (χ1n) is 12.5. The number of hydrogen-bond donors (Lipinski definition) is 1. The molecule has 0 bridgehead atoms. The van der Waals surface area contributed by atoms with E-state index in [4.69, 9.17) is 0 Å². The molecule has 192 valence electrons. The van der Waals surface area contributed by atoms with Crippen LogP contribution in [0.2, 0.25) is 0 Å². The van der Waals surface area contributed by atoms with Gasteiger partial charge in [0.15, 0.2) is 0 Å². The number of rotatable bonds is 8. The van der Waals surface area contributed by atoms with Crippen molar-refractivity contribution < 1.29 is 22.8 Å². The molecule has 1 heterocycles. The lowest BCUT2D eigenvalue weighted by Gasteiger charge is -2.33. The van der Waals surface area contributed by atoms with Crippen molar-refractivity contribution in [2.24, 2.45) is 0 Å². The van der Waals surface area contributed by atoms with Gasteiger partial charge in [-0.2, -0.15) is 0 Å². The maximum Gasteiger partial charge on any atom is 0.269 e. The van der Waals surface area contributed by atoms with E-state index in [2.05, 4.69) is 5.32 Å². The minimum Gasteiger partial charge on any atom is -0.352 e. The van der Waals surface area contributed by atoms with Gasteiger partial charge in [0.05, 0.1) is 5.56 Å². The van der Waals surface area contributed by atoms with Crippen molar-refractivity contribution in [3.63, 3.8) is 0 Å². The molecule has 0 unspecified atom stereocenters. The van der Waals surface area contributed by atoms with Crippen LogP contribution in [0.1, 0.15) is 66.9 Å². The molecule has 2 aliphatic rings. The highest BCUT2D eigenvalue weighted by atomic mass is 32.2. The Kier molecular flexibility index (Phi) is 7.78. The molecule has 9 heteroatoms. The highest BCUT2D eigenvalue weighted by molar-refractivity contribution is 7.90. The van der Waals surface area contributed by atoms with Gasteiger partial charge >= 0.3 is 0 Å². The fourth-order valence-corrected chi connectivity index (χ4v) is 6.59. The number of carbonyl (C=O) groups is 3. The smallest absolute Gasteiger partial charge is 0.269 e. The molecule has 0 aromatic heterocycles. The van der Waals surface area contributed by atoms with E-state index in [1.165, 1.54) is 17.0 Å². The Labute approximate surface area is 212 Å². The summed E-state index contributed by atoms with van der Waals surface area (Å²) >= 11 is 0. The average molecular weight is 512 g/mol. The normalized spacial score (nSPS) is 17.9. The fraction of sp³-hybridized carbons (Fsp3) is 0.444. The number of sulfonamides is 1. The molecule has 0 spiro atoms. The lowest BCUT2D eigenvalue weighted by Crippen LogP contribution is -2.53. The molecule has 1 fully saturated rings. The van der Waals surface area contributed by atoms with Gasteiger partial charge in [-0.3, -0.25) is 14.4 Å². The highest BCUT2D eigenvalue weighted by Gasteiger charge is 2.43. The van der Waals surface area contributed by atoms with Crippen molar-refractivity contribution in [3.8, 4) is 0 Å². The Balaban J connectivity index is 1.60. The first-order chi connectivity index (χ1) is 17.2. The minimum atomic E-state index is -4.14. The van der Waals surface area contributed by atoms with Crippen LogP contribution in [0.15, 0.2) is 53.4 Å². The molecule has 2 aromatic carbocycles. The monoisotopic (exact) mass is 511 g/mol. The zero-order valence-corrected chi connectivity index (χ0v) is 21.6. The Morgan fingerprint density at radius 1 is 1.08 bits per heavy atom. The molecular weight excluding hydrogens is 478 g/mol. The van der Waals surface area contributed by atoms with Gasteiger partial charge in [-0.25, -0.2) is 12.7 Å². The van der Waals surface area contributed by atoms with Crippen LogP contribution in [0.5, 0.6) is 0 Å². The summed E-state index contributed by atoms with van der Waals surface area (Å²) in [6.45, 7) is 3.24. The lowest BCUT2D eigenvalue weighted by atomic mass is 9.95. The van der Waals surface area contributed by atoms with Crippen LogP contribution in [-0.4, -0.2) is 54.0 Å². The molecule has 2 aromatic rings. The summed E-state index contributed by atoms with van der Waals surface area (Å²) in [5.41, 5.74) is 1.89. The predicted molar refractivity (Wildman–Crippen MR) is 135 cm³/mol. The number of benzene rings is 2. The zero-order chi connectivity index (χ0) is 25.9. The molecule has 0 saturated heterocycles. The molecule has 8 nitrogen and oxygen atoms in total. The van der Waals surface area contributed by atoms with Crippen LogP contribution in [0.25, 0.3) is 0 Å². The molecule has 1 atom stereocenters. The third-order valence-electron chi connectivity index (χ3n) is 6.96. The summed E-state index contributed by atoms with van der Waals surface area (Å²) in [6, 6.07) is 12.8. The first-order valence-corrected chi connectivity index (χ1v) is 14.0. The summed E-state index contributed by atoms with van der Waals surface area (Å²) in [4.78, 5) is 41.2. The Bertz CT molecular complexity index is 1250. The van der Waals surface area contributed by atoms with Gasteiger partial charge in [0.1, 0.15) is 17.5 Å². The van der Waals surface area contributed by atoms with Gasteiger partial charge in [0.2, 0.25) is 11.8 Å². The number of hydrogen-bond acceptors (Lipinski definition) is 5. The van der Waals surface area contributed by atoms with Gasteiger partial charge in [-0.05, 0) is 43.9 Å². The van der Waals surface area contributed by atoms with Crippen molar-refractivity contribution in [1.29, 1.82) is 0 Å². The van der Waals surface area contributed by atoms with E-state index in [-0.39, 0.29) is 29.0 Å². The van der Waals surface area contributed by atoms with Crippen LogP contribution < -0.4 is 5.32 Å². The van der Waals surface area contributed by atoms with Crippen molar-refractivity contribution in [2.45, 2.75) is 75.9 Å². The van der Waals surface area contributed by atoms with Gasteiger partial charge in [-0.15, -0.1) is 0 Å². The standard InChI is InChI=1S/C27H33N3O5S/c1-3-23(26(32)28-21-12-5-4-6-13-21)29(17-20-11-9-10-19(2)16-20)25(31)18-30-27(33)22-14-7-8-15-24(22)36(30,34)35/h7-11,14-16,21,23H,3-6,12-13,17-18H2,1-2H3,(H,28,32)/t23-/m0/s1. The SMILES string of the molecule is CC[C@@H](C(=O)NC1CCCCC1)N(Cc1cccc(C)c1)C(=O)CN1C(=O)c2ccccc2S1(=O)=O. The van der Waals surface area contributed by atoms with Gasteiger partial charge in [-0.1, -0.05) is 68.1 Å². The lowest BCUT2D eigenvalue weighted by molar-refractivity contribution is -0.141. The molecule has 3 amide bonds. The topological polar surface area (TPSA) is 104 Å². The summed E-state index contributed by atoms with van der Waals surface area (Å²) in [6.07, 6.45) is 5.45. The second-order valence-electron chi connectivity index (χ2n) is 9.59. The van der Waals surface area contributed by atoms with Gasteiger partial charge in [0.25, 0.3) is 15.9 Å². The summed E-state index contributed by atoms with van der Waals surface area (Å²) in [5.74, 6) is -1.56. The molecule has 1 aliphatic carbocycles. The van der Waals surface area contributed by atoms with E-state index in [9.17, 15) is 22.8 Å². The predicted octanol–water partition coefficient (Wildman–Crippen LogP) is 3.40. The molecule has 1 N–H and O–H groups in total. The van der Waals surface area contributed by atoms with Crippen LogP contribution in [-0.2, 0) is 26.2 Å². The third-order valence-corrected chi connectivity index (χ3v) is 8.75. The van der Waals surface area contributed by atoms with E-state index < -0.39 is 34.4 Å². The highest BCUT2D eigenvalue weighted by Crippen LogP contribution is 2.30. The molecule has 4 rings (SSSR count). The average Bonchev–Trinajstić information content (AvgIpc) is 3.05. The number of fused-ring (bicyclic) bond motifs is 1. The van der Waals surface area contributed by atoms with Crippen LogP contribution in [0, 0.1) is 6.92 Å². The Hall–Kier alpha value is -3.20. The number of aryl methyl sites for hydroxylation is 1. The number of nitrogens with one attached hydrogen (secondary N) is 1. The number of carbonyl (C=O) groups excluding carboxylic acids is 3. The van der Waals surface area contributed by atoms with Gasteiger partial charge < -0.3 is 10.2 Å². The molecule has 0 radical (unpaired) electrons. The summed E-state index contributed by atoms with van der Waals surface area (Å²) in [5, 5.41) is 3.10. The number of nitrogens with zero attached hydrogens (tertiary/aromatic N) is 2. The maximum absolute atomic E-state index is 13.7. The van der Waals surface area contributed by atoms with Crippen molar-refractivity contribution in [2.75, 3.05) is 6.54 Å².